The summed E-state index contributed by atoms with van der Waals surface area (Å²) in [5.74, 6) is -15.3. The Labute approximate surface area is 534 Å². The van der Waals surface area contributed by atoms with Crippen LogP contribution < -0.4 is 34.3 Å². The predicted molar refractivity (Wildman–Crippen MR) is 328 cm³/mol. The lowest BCUT2D eigenvalue weighted by molar-refractivity contribution is -0.385. The Kier molecular flexibility index (Phi) is 23.9. The van der Waals surface area contributed by atoms with E-state index in [-0.39, 0.29) is 59.2 Å². The second-order valence-electron chi connectivity index (χ2n) is 19.8. The van der Waals surface area contributed by atoms with Crippen LogP contribution in [0.5, 0.6) is 40.2 Å². The molecule has 7 aromatic rings. The molecule has 0 bridgehead atoms. The van der Waals surface area contributed by atoms with Gasteiger partial charge in [-0.1, -0.05) is 77.0 Å². The lowest BCUT2D eigenvalue weighted by Gasteiger charge is -2.19. The molecular weight excluding hydrogens is 1430 g/mol. The number of methoxy groups -OCH3 is 2. The minimum absolute atomic E-state index is 0.0164. The standard InChI is InChI=1S/C61H52Br4F5N5O13/c1-61(2,3)88-60(78)72-21-19-36-23-41(64)55(81-4)48(26-36)85-46-17-16-33(22-39(46)62)18-20-71-58(76)43(73-83-31-34-12-8-6-9-13-34)25-37-24-42(65)56(82-5)49(27-37)86-47-30-45(75(79)80)38(28-40(47)63)29-44(74-84-32-35-14-10-7-11-15-35)59(77)87-57-53(69)51(67)50(66)52(68)54(57)70/h6-17,22-24,26-28,30H,18-21,25,29,31-32H2,1-5H3,(H,71,76)(H,72,78)/b73-43-,74-44+. The highest BCUT2D eigenvalue weighted by atomic mass is 79.9. The number of nitrogens with zero attached hydrogens (tertiary/aromatic N) is 3. The molecule has 0 aromatic heterocycles. The van der Waals surface area contributed by atoms with Crippen LogP contribution in [0.4, 0.5) is 32.4 Å². The predicted octanol–water partition coefficient (Wildman–Crippen LogP) is 15.2. The maximum absolute atomic E-state index is 14.7. The van der Waals surface area contributed by atoms with Gasteiger partial charge in [0.25, 0.3) is 11.6 Å². The summed E-state index contributed by atoms with van der Waals surface area (Å²) < 4.78 is 107. The van der Waals surface area contributed by atoms with Gasteiger partial charge >= 0.3 is 12.1 Å². The summed E-state index contributed by atoms with van der Waals surface area (Å²) in [4.78, 5) is 62.7. The van der Waals surface area contributed by atoms with Gasteiger partial charge in [-0.3, -0.25) is 14.9 Å². The fourth-order valence-corrected chi connectivity index (χ4v) is 10.4. The fourth-order valence-electron chi connectivity index (χ4n) is 8.09. The highest BCUT2D eigenvalue weighted by Gasteiger charge is 2.32. The first-order valence-electron chi connectivity index (χ1n) is 26.2. The van der Waals surface area contributed by atoms with E-state index in [1.54, 1.807) is 63.2 Å². The summed E-state index contributed by atoms with van der Waals surface area (Å²) in [6, 6.07) is 31.8. The average Bonchev–Trinajstić information content (AvgIpc) is 1.50. The Bertz CT molecular complexity index is 3760. The topological polar surface area (TPSA) is 217 Å². The maximum Gasteiger partial charge on any atom is 0.407 e. The van der Waals surface area contributed by atoms with Gasteiger partial charge in [0, 0.05) is 31.5 Å². The SMILES string of the molecule is COc1c(Br)cc(CCNC(=O)OC(C)(C)C)cc1Oc1ccc(CCNC(=O)/C(Cc2cc(Br)c(OC)c(Oc3cc([N+](=O)[O-])c(C/C(=N\OCc4ccccc4)C(=O)Oc4c(F)c(F)c(F)c(F)c4F)cc3Br)c2)=N\OCc2ccccc2)cc1Br. The zero-order valence-electron chi connectivity index (χ0n) is 47.2. The number of carbonyl (C=O) groups is 3. The Hall–Kier alpha value is -8.14. The number of oxime groups is 2. The second kappa shape index (κ2) is 31.2. The Balaban J connectivity index is 1.09. The quantitative estimate of drug-likeness (QED) is 0.00755. The molecule has 0 heterocycles. The molecule has 0 aliphatic carbocycles. The van der Waals surface area contributed by atoms with Gasteiger partial charge in [-0.2, -0.15) is 8.78 Å². The fraction of sp³-hybridized carbons (Fsp3) is 0.230. The zero-order valence-corrected chi connectivity index (χ0v) is 53.5. The number of rotatable bonds is 26. The first-order valence-corrected chi connectivity index (χ1v) is 29.4. The number of hydrogen-bond acceptors (Lipinski definition) is 15. The van der Waals surface area contributed by atoms with Gasteiger partial charge in [0.05, 0.1) is 43.1 Å². The molecule has 88 heavy (non-hydrogen) atoms. The van der Waals surface area contributed by atoms with Crippen LogP contribution >= 0.6 is 63.7 Å². The van der Waals surface area contributed by atoms with Gasteiger partial charge < -0.3 is 48.7 Å². The molecule has 0 aliphatic heterocycles. The van der Waals surface area contributed by atoms with Crippen LogP contribution in [0.3, 0.4) is 0 Å². The molecule has 27 heteroatoms. The number of hydrogen-bond donors (Lipinski definition) is 2. The summed E-state index contributed by atoms with van der Waals surface area (Å²) in [6.07, 6.45) is -0.720. The summed E-state index contributed by atoms with van der Waals surface area (Å²) in [6.45, 7) is 5.51. The number of nitro benzene ring substituents is 1. The van der Waals surface area contributed by atoms with Crippen molar-refractivity contribution >= 4 is 98.8 Å². The van der Waals surface area contributed by atoms with Crippen LogP contribution in [-0.2, 0) is 62.9 Å². The number of amides is 2. The molecule has 0 saturated carbocycles. The van der Waals surface area contributed by atoms with E-state index in [0.717, 1.165) is 28.8 Å². The maximum atomic E-state index is 14.7. The molecule has 0 fully saturated rings. The third kappa shape index (κ3) is 18.5. The van der Waals surface area contributed by atoms with Crippen molar-refractivity contribution < 1.29 is 79.4 Å². The zero-order chi connectivity index (χ0) is 63.8. The highest BCUT2D eigenvalue weighted by Crippen LogP contribution is 2.44. The average molecular weight is 1480 g/mol. The number of nitrogens with one attached hydrogen (secondary N) is 2. The summed E-state index contributed by atoms with van der Waals surface area (Å²) in [5.41, 5.74) is 0.798. The van der Waals surface area contributed by atoms with E-state index in [2.05, 4.69) is 89.4 Å². The van der Waals surface area contributed by atoms with Crippen molar-refractivity contribution in [2.45, 2.75) is 65.3 Å². The number of halogens is 9. The number of carbonyl (C=O) groups excluding carboxylic acids is 3. The molecule has 0 spiro atoms. The van der Waals surface area contributed by atoms with Crippen LogP contribution in [0.1, 0.15) is 54.2 Å². The Morgan fingerprint density at radius 3 is 1.60 bits per heavy atom. The minimum atomic E-state index is -2.51. The molecule has 18 nitrogen and oxygen atoms in total. The Morgan fingerprint density at radius 2 is 1.05 bits per heavy atom. The molecule has 0 aliphatic rings. The van der Waals surface area contributed by atoms with E-state index in [9.17, 15) is 46.5 Å². The first-order chi connectivity index (χ1) is 41.9. The minimum Gasteiger partial charge on any atom is -0.492 e. The first kappa shape index (κ1) is 67.4. The Morgan fingerprint density at radius 1 is 0.545 bits per heavy atom. The molecule has 2 amide bonds. The van der Waals surface area contributed by atoms with Gasteiger partial charge in [0.1, 0.15) is 36.0 Å². The number of nitro groups is 1. The summed E-state index contributed by atoms with van der Waals surface area (Å²) in [5, 5.41) is 26.4. The molecule has 7 rings (SSSR count). The smallest absolute Gasteiger partial charge is 0.407 e. The van der Waals surface area contributed by atoms with Gasteiger partial charge in [0.2, 0.25) is 34.8 Å². The van der Waals surface area contributed by atoms with Crippen molar-refractivity contribution in [1.29, 1.82) is 0 Å². The number of esters is 1. The molecule has 462 valence electrons. The largest absolute Gasteiger partial charge is 0.492 e. The van der Waals surface area contributed by atoms with Crippen molar-refractivity contribution in [2.75, 3.05) is 27.3 Å². The molecule has 0 radical (unpaired) electrons. The lowest BCUT2D eigenvalue weighted by Crippen LogP contribution is -2.34. The monoisotopic (exact) mass is 1470 g/mol. The normalized spacial score (nSPS) is 11.6. The van der Waals surface area contributed by atoms with Crippen molar-refractivity contribution in [3.8, 4) is 40.2 Å². The van der Waals surface area contributed by atoms with Gasteiger partial charge in [-0.25, -0.2) is 22.8 Å². The van der Waals surface area contributed by atoms with Gasteiger partial charge in [-0.15, -0.1) is 0 Å². The number of alkyl carbamates (subject to hydrolysis) is 1. The van der Waals surface area contributed by atoms with E-state index < -0.39 is 81.1 Å². The van der Waals surface area contributed by atoms with E-state index in [4.69, 9.17) is 33.4 Å². The van der Waals surface area contributed by atoms with Crippen molar-refractivity contribution in [3.63, 3.8) is 0 Å². The second-order valence-corrected chi connectivity index (χ2v) is 23.2. The van der Waals surface area contributed by atoms with Crippen LogP contribution in [0.15, 0.2) is 143 Å². The van der Waals surface area contributed by atoms with Crippen LogP contribution in [0, 0.1) is 39.2 Å². The summed E-state index contributed by atoms with van der Waals surface area (Å²) >= 11 is 14.0. The molecule has 0 saturated heterocycles. The molecular formula is C61H52Br4F5N5O13. The summed E-state index contributed by atoms with van der Waals surface area (Å²) in [7, 11) is 2.85. The van der Waals surface area contributed by atoms with Gasteiger partial charge in [-0.05, 0) is 168 Å². The van der Waals surface area contributed by atoms with Crippen LogP contribution in [-0.4, -0.2) is 67.2 Å². The van der Waals surface area contributed by atoms with Gasteiger partial charge in [0.15, 0.2) is 28.7 Å². The van der Waals surface area contributed by atoms with E-state index >= 15 is 0 Å². The van der Waals surface area contributed by atoms with Crippen molar-refractivity contribution in [2.24, 2.45) is 10.3 Å². The third-order valence-corrected chi connectivity index (χ3v) is 14.6. The van der Waals surface area contributed by atoms with Crippen molar-refractivity contribution in [3.05, 3.63) is 206 Å². The van der Waals surface area contributed by atoms with E-state index in [0.29, 0.717) is 61.2 Å². The lowest BCUT2D eigenvalue weighted by atomic mass is 10.1. The van der Waals surface area contributed by atoms with Crippen LogP contribution in [0.2, 0.25) is 0 Å². The van der Waals surface area contributed by atoms with Crippen molar-refractivity contribution in [1.82, 2.24) is 10.6 Å². The molecule has 0 unspecified atom stereocenters. The van der Waals surface area contributed by atoms with E-state index in [1.165, 1.54) is 20.3 Å². The molecule has 7 aromatic carbocycles. The number of benzene rings is 7. The molecule has 2 N–H and O–H groups in total. The number of ether oxygens (including phenoxy) is 6. The molecule has 0 atom stereocenters. The van der Waals surface area contributed by atoms with Crippen LogP contribution in [0.25, 0.3) is 0 Å². The third-order valence-electron chi connectivity index (χ3n) is 12.2. The highest BCUT2D eigenvalue weighted by molar-refractivity contribution is 9.11. The van der Waals surface area contributed by atoms with E-state index in [1.807, 2.05) is 54.6 Å².